The normalized spacial score (nSPS) is 15.3. The number of alkyl halides is 3. The maximum atomic E-state index is 12.1. The van der Waals surface area contributed by atoms with Gasteiger partial charge in [-0.3, -0.25) is 4.79 Å². The lowest BCUT2D eigenvalue weighted by Crippen LogP contribution is -2.34. The fourth-order valence-corrected chi connectivity index (χ4v) is 3.35. The first-order chi connectivity index (χ1) is 13.9. The Bertz CT molecular complexity index is 588. The highest BCUT2D eigenvalue weighted by Crippen LogP contribution is 2.22. The molecule has 164 valence electrons. The van der Waals surface area contributed by atoms with Crippen LogP contribution in [0.2, 0.25) is 0 Å². The highest BCUT2D eigenvalue weighted by molar-refractivity contribution is 5.75. The van der Waals surface area contributed by atoms with Gasteiger partial charge in [0.1, 0.15) is 5.75 Å². The second-order valence-electron chi connectivity index (χ2n) is 7.43. The van der Waals surface area contributed by atoms with Crippen molar-refractivity contribution in [2.24, 2.45) is 0 Å². The number of carbonyl (C=O) groups excluding carboxylic acids is 1. The summed E-state index contributed by atoms with van der Waals surface area (Å²) in [5, 5.41) is 6.25. The fourth-order valence-electron chi connectivity index (χ4n) is 3.35. The van der Waals surface area contributed by atoms with E-state index in [0.29, 0.717) is 19.5 Å². The van der Waals surface area contributed by atoms with Crippen LogP contribution in [0.25, 0.3) is 0 Å². The van der Waals surface area contributed by atoms with Crippen molar-refractivity contribution in [2.75, 3.05) is 32.7 Å². The van der Waals surface area contributed by atoms with Gasteiger partial charge in [-0.2, -0.15) is 0 Å². The molecule has 0 atom stereocenters. The largest absolute Gasteiger partial charge is 0.573 e. The summed E-state index contributed by atoms with van der Waals surface area (Å²) in [7, 11) is 0. The number of carbonyl (C=O) groups is 1. The van der Waals surface area contributed by atoms with Crippen LogP contribution >= 0.6 is 0 Å². The van der Waals surface area contributed by atoms with Crippen molar-refractivity contribution in [2.45, 2.75) is 57.9 Å². The maximum absolute atomic E-state index is 12.1. The highest BCUT2D eigenvalue weighted by Gasteiger charge is 2.30. The zero-order chi connectivity index (χ0) is 21.0. The predicted octanol–water partition coefficient (Wildman–Crippen LogP) is 3.84. The van der Waals surface area contributed by atoms with Crippen molar-refractivity contribution in [3.63, 3.8) is 0 Å². The van der Waals surface area contributed by atoms with Gasteiger partial charge in [-0.15, -0.1) is 13.2 Å². The number of unbranched alkanes of at least 4 members (excludes halogenated alkanes) is 2. The summed E-state index contributed by atoms with van der Waals surface area (Å²) in [6.07, 6.45) is 2.65. The molecule has 0 aromatic heterocycles. The maximum Gasteiger partial charge on any atom is 0.573 e. The molecule has 1 heterocycles. The van der Waals surface area contributed by atoms with Crippen LogP contribution in [0.3, 0.4) is 0 Å². The number of hydrogen-bond acceptors (Lipinski definition) is 4. The molecule has 8 heteroatoms. The zero-order valence-electron chi connectivity index (χ0n) is 16.9. The molecule has 1 aliphatic rings. The van der Waals surface area contributed by atoms with Crippen molar-refractivity contribution in [1.82, 2.24) is 15.5 Å². The van der Waals surface area contributed by atoms with Gasteiger partial charge in [-0.1, -0.05) is 25.0 Å². The quantitative estimate of drug-likeness (QED) is 0.510. The highest BCUT2D eigenvalue weighted by atomic mass is 19.4. The molecule has 2 rings (SSSR count). The van der Waals surface area contributed by atoms with E-state index in [1.807, 2.05) is 0 Å². The minimum absolute atomic E-state index is 0.131. The third-order valence-corrected chi connectivity index (χ3v) is 4.94. The van der Waals surface area contributed by atoms with Gasteiger partial charge in [-0.25, -0.2) is 0 Å². The van der Waals surface area contributed by atoms with Crippen LogP contribution in [0.15, 0.2) is 24.3 Å². The predicted molar refractivity (Wildman–Crippen MR) is 107 cm³/mol. The molecule has 1 aromatic rings. The number of hydrogen-bond donors (Lipinski definition) is 2. The number of amides is 1. The molecule has 1 aliphatic heterocycles. The third-order valence-electron chi connectivity index (χ3n) is 4.94. The minimum Gasteiger partial charge on any atom is -0.406 e. The van der Waals surface area contributed by atoms with Crippen molar-refractivity contribution >= 4 is 5.91 Å². The first-order valence-corrected chi connectivity index (χ1v) is 10.5. The Morgan fingerprint density at radius 1 is 1.00 bits per heavy atom. The van der Waals surface area contributed by atoms with Crippen LogP contribution in [-0.4, -0.2) is 49.9 Å². The topological polar surface area (TPSA) is 53.6 Å². The molecule has 0 bridgehead atoms. The summed E-state index contributed by atoms with van der Waals surface area (Å²) in [5.74, 6) is -0.0779. The Morgan fingerprint density at radius 2 is 1.69 bits per heavy atom. The molecular weight excluding hydrogens is 383 g/mol. The average molecular weight is 416 g/mol. The Morgan fingerprint density at radius 3 is 2.38 bits per heavy atom. The Hall–Kier alpha value is -1.80. The van der Waals surface area contributed by atoms with Crippen LogP contribution in [0, 0.1) is 0 Å². The van der Waals surface area contributed by atoms with Crippen molar-refractivity contribution in [3.8, 4) is 5.75 Å². The first kappa shape index (κ1) is 23.5. The number of nitrogens with one attached hydrogen (secondary N) is 2. The van der Waals surface area contributed by atoms with Crippen LogP contribution in [0.4, 0.5) is 13.2 Å². The standard InChI is InChI=1S/C21H32F3N3O2/c22-21(23,24)29-19-9-7-18(8-10-19)17-25-12-3-1-4-13-26-20(28)11-16-27-14-5-2-6-15-27/h7-10,25H,1-6,11-17H2,(H,26,28). The molecule has 1 saturated heterocycles. The van der Waals surface area contributed by atoms with E-state index < -0.39 is 6.36 Å². The summed E-state index contributed by atoms with van der Waals surface area (Å²) in [4.78, 5) is 14.2. The van der Waals surface area contributed by atoms with Crippen LogP contribution < -0.4 is 15.4 Å². The number of ether oxygens (including phenoxy) is 1. The molecule has 0 saturated carbocycles. The van der Waals surface area contributed by atoms with E-state index >= 15 is 0 Å². The summed E-state index contributed by atoms with van der Waals surface area (Å²) < 4.78 is 40.2. The smallest absolute Gasteiger partial charge is 0.406 e. The Kier molecular flexibility index (Phi) is 10.3. The van der Waals surface area contributed by atoms with Gasteiger partial charge in [0.2, 0.25) is 5.91 Å². The molecule has 0 spiro atoms. The lowest BCUT2D eigenvalue weighted by Gasteiger charge is -2.25. The average Bonchev–Trinajstić information content (AvgIpc) is 2.69. The van der Waals surface area contributed by atoms with Crippen LogP contribution in [-0.2, 0) is 11.3 Å². The first-order valence-electron chi connectivity index (χ1n) is 10.5. The number of piperidine rings is 1. The molecule has 1 aromatic carbocycles. The number of benzene rings is 1. The van der Waals surface area contributed by atoms with Gasteiger partial charge in [0.25, 0.3) is 0 Å². The van der Waals surface area contributed by atoms with Gasteiger partial charge >= 0.3 is 6.36 Å². The fraction of sp³-hybridized carbons (Fsp3) is 0.667. The molecule has 0 aliphatic carbocycles. The molecular formula is C21H32F3N3O2. The lowest BCUT2D eigenvalue weighted by molar-refractivity contribution is -0.274. The number of halogens is 3. The molecule has 0 unspecified atom stereocenters. The Balaban J connectivity index is 1.43. The number of rotatable bonds is 12. The van der Waals surface area contributed by atoms with E-state index in [0.717, 1.165) is 51.0 Å². The van der Waals surface area contributed by atoms with Gasteiger partial charge < -0.3 is 20.3 Å². The Labute approximate surface area is 171 Å². The summed E-state index contributed by atoms with van der Waals surface area (Å²) in [6.45, 7) is 5.22. The SMILES string of the molecule is O=C(CCN1CCCCC1)NCCCCCNCc1ccc(OC(F)(F)F)cc1. The molecule has 5 nitrogen and oxygen atoms in total. The van der Waals surface area contributed by atoms with Crippen molar-refractivity contribution in [3.05, 3.63) is 29.8 Å². The van der Waals surface area contributed by atoms with Gasteiger partial charge in [0, 0.05) is 26.1 Å². The molecule has 0 radical (unpaired) electrons. The van der Waals surface area contributed by atoms with E-state index in [4.69, 9.17) is 0 Å². The van der Waals surface area contributed by atoms with E-state index in [1.165, 1.54) is 31.4 Å². The van der Waals surface area contributed by atoms with Crippen molar-refractivity contribution in [1.29, 1.82) is 0 Å². The zero-order valence-corrected chi connectivity index (χ0v) is 16.9. The number of likely N-dealkylation sites (tertiary alicyclic amines) is 1. The summed E-state index contributed by atoms with van der Waals surface area (Å²) >= 11 is 0. The van der Waals surface area contributed by atoms with Crippen molar-refractivity contribution < 1.29 is 22.7 Å². The molecule has 29 heavy (non-hydrogen) atoms. The van der Waals surface area contributed by atoms with Gasteiger partial charge in [0.15, 0.2) is 0 Å². The van der Waals surface area contributed by atoms with E-state index in [2.05, 4.69) is 20.3 Å². The van der Waals surface area contributed by atoms with Crippen LogP contribution in [0.1, 0.15) is 50.5 Å². The monoisotopic (exact) mass is 415 g/mol. The number of nitrogens with zero attached hydrogens (tertiary/aromatic N) is 1. The summed E-state index contributed by atoms with van der Waals surface area (Å²) in [6, 6.07) is 5.87. The van der Waals surface area contributed by atoms with Gasteiger partial charge in [-0.05, 0) is 63.0 Å². The minimum atomic E-state index is -4.66. The second-order valence-corrected chi connectivity index (χ2v) is 7.43. The van der Waals surface area contributed by atoms with Gasteiger partial charge in [0.05, 0.1) is 0 Å². The van der Waals surface area contributed by atoms with E-state index in [9.17, 15) is 18.0 Å². The second kappa shape index (κ2) is 12.7. The van der Waals surface area contributed by atoms with E-state index in [1.54, 1.807) is 12.1 Å². The van der Waals surface area contributed by atoms with E-state index in [-0.39, 0.29) is 11.7 Å². The molecule has 1 fully saturated rings. The third kappa shape index (κ3) is 11.1. The molecule has 2 N–H and O–H groups in total. The molecule has 1 amide bonds. The summed E-state index contributed by atoms with van der Waals surface area (Å²) in [5.41, 5.74) is 0.903. The van der Waals surface area contributed by atoms with Crippen LogP contribution in [0.5, 0.6) is 5.75 Å². The lowest BCUT2D eigenvalue weighted by atomic mass is 10.1.